The molecule has 2 aromatic carbocycles. The molecule has 3 aromatic rings. The summed E-state index contributed by atoms with van der Waals surface area (Å²) in [7, 11) is 4.46. The number of esters is 1. The molecule has 150 valence electrons. The van der Waals surface area contributed by atoms with E-state index in [1.165, 1.54) is 14.2 Å². The minimum atomic E-state index is -0.593. The SMILES string of the molecule is CO/N=C(/C(=O)OC)c1ccccc1COc1cc(-c2ccc(Cl)cc2)nn1C. The molecule has 0 fully saturated rings. The summed E-state index contributed by atoms with van der Waals surface area (Å²) in [5.74, 6) is -0.0158. The van der Waals surface area contributed by atoms with Gasteiger partial charge in [-0.2, -0.15) is 5.10 Å². The Morgan fingerprint density at radius 1 is 1.14 bits per heavy atom. The fraction of sp³-hybridized carbons (Fsp3) is 0.190. The molecule has 0 radical (unpaired) electrons. The van der Waals surface area contributed by atoms with Crippen molar-refractivity contribution >= 4 is 23.3 Å². The van der Waals surface area contributed by atoms with Crippen LogP contribution < -0.4 is 4.74 Å². The molecule has 8 heteroatoms. The fourth-order valence-corrected chi connectivity index (χ4v) is 2.89. The van der Waals surface area contributed by atoms with E-state index in [9.17, 15) is 4.79 Å². The molecule has 7 nitrogen and oxygen atoms in total. The van der Waals surface area contributed by atoms with Gasteiger partial charge in [-0.25, -0.2) is 9.48 Å². The highest BCUT2D eigenvalue weighted by Gasteiger charge is 2.19. The molecule has 0 spiro atoms. The van der Waals surface area contributed by atoms with Gasteiger partial charge in [-0.15, -0.1) is 0 Å². The molecular weight excluding hydrogens is 394 g/mol. The molecule has 0 bridgehead atoms. The van der Waals surface area contributed by atoms with Crippen molar-refractivity contribution in [2.75, 3.05) is 14.2 Å². The van der Waals surface area contributed by atoms with Gasteiger partial charge in [0.25, 0.3) is 0 Å². The molecule has 0 saturated heterocycles. The van der Waals surface area contributed by atoms with Crippen LogP contribution in [0, 0.1) is 0 Å². The molecule has 1 heterocycles. The zero-order chi connectivity index (χ0) is 20.8. The lowest BCUT2D eigenvalue weighted by Gasteiger charge is -2.11. The Labute approximate surface area is 173 Å². The molecule has 1 aromatic heterocycles. The van der Waals surface area contributed by atoms with Crippen molar-refractivity contribution < 1.29 is 19.1 Å². The summed E-state index contributed by atoms with van der Waals surface area (Å²) in [5, 5.41) is 8.95. The summed E-state index contributed by atoms with van der Waals surface area (Å²) in [6.07, 6.45) is 0. The maximum atomic E-state index is 12.1. The van der Waals surface area contributed by atoms with E-state index in [4.69, 9.17) is 25.9 Å². The molecule has 0 saturated carbocycles. The van der Waals surface area contributed by atoms with Crippen molar-refractivity contribution in [2.24, 2.45) is 12.2 Å². The first-order chi connectivity index (χ1) is 14.0. The predicted molar refractivity (Wildman–Crippen MR) is 110 cm³/mol. The number of ether oxygens (including phenoxy) is 2. The number of halogens is 1. The summed E-state index contributed by atoms with van der Waals surface area (Å²) in [6.45, 7) is 0.204. The standard InChI is InChI=1S/C21H20ClN3O4/c1-25-19(12-18(23-25)14-8-10-16(22)11-9-14)29-13-15-6-4-5-7-17(15)20(24-28-3)21(26)27-2/h4-12H,13H2,1-3H3/b24-20+. The number of aromatic nitrogens is 2. The van der Waals surface area contributed by atoms with Gasteiger partial charge < -0.3 is 14.3 Å². The first kappa shape index (κ1) is 20.4. The molecule has 0 aliphatic rings. The third-order valence-electron chi connectivity index (χ3n) is 4.19. The van der Waals surface area contributed by atoms with Crippen LogP contribution in [-0.2, 0) is 28.0 Å². The minimum absolute atomic E-state index is 0.0704. The first-order valence-corrected chi connectivity index (χ1v) is 9.11. The van der Waals surface area contributed by atoms with Crippen LogP contribution in [0.5, 0.6) is 5.88 Å². The number of hydrogen-bond acceptors (Lipinski definition) is 6. The molecule has 0 aliphatic heterocycles. The van der Waals surface area contributed by atoms with Gasteiger partial charge in [-0.3, -0.25) is 0 Å². The lowest BCUT2D eigenvalue weighted by Crippen LogP contribution is -2.20. The third kappa shape index (κ3) is 4.75. The van der Waals surface area contributed by atoms with Gasteiger partial charge in [0.05, 0.1) is 12.8 Å². The van der Waals surface area contributed by atoms with Crippen LogP contribution in [0.4, 0.5) is 0 Å². The zero-order valence-electron chi connectivity index (χ0n) is 16.3. The molecule has 0 aliphatic carbocycles. The monoisotopic (exact) mass is 413 g/mol. The summed E-state index contributed by atoms with van der Waals surface area (Å²) in [5.41, 5.74) is 3.09. The highest BCUT2D eigenvalue weighted by molar-refractivity contribution is 6.43. The van der Waals surface area contributed by atoms with Crippen molar-refractivity contribution in [3.8, 4) is 17.1 Å². The Balaban J connectivity index is 1.83. The molecule has 29 heavy (non-hydrogen) atoms. The highest BCUT2D eigenvalue weighted by Crippen LogP contribution is 2.25. The number of methoxy groups -OCH3 is 1. The van der Waals surface area contributed by atoms with Crippen molar-refractivity contribution in [3.05, 3.63) is 70.7 Å². The second-order valence-electron chi connectivity index (χ2n) is 6.06. The van der Waals surface area contributed by atoms with Gasteiger partial charge in [0, 0.05) is 29.3 Å². The fourth-order valence-electron chi connectivity index (χ4n) is 2.76. The normalized spacial score (nSPS) is 11.2. The summed E-state index contributed by atoms with van der Waals surface area (Å²) in [4.78, 5) is 16.9. The molecule has 0 amide bonds. The summed E-state index contributed by atoms with van der Waals surface area (Å²) < 4.78 is 12.4. The quantitative estimate of drug-likeness (QED) is 0.334. The van der Waals surface area contributed by atoms with E-state index in [-0.39, 0.29) is 12.3 Å². The van der Waals surface area contributed by atoms with Crippen LogP contribution in [0.2, 0.25) is 5.02 Å². The van der Waals surface area contributed by atoms with Gasteiger partial charge >= 0.3 is 5.97 Å². The van der Waals surface area contributed by atoms with Crippen LogP contribution >= 0.6 is 11.6 Å². The van der Waals surface area contributed by atoms with Gasteiger partial charge in [0.2, 0.25) is 5.88 Å². The van der Waals surface area contributed by atoms with Crippen LogP contribution in [-0.4, -0.2) is 35.7 Å². The van der Waals surface area contributed by atoms with E-state index in [0.717, 1.165) is 16.8 Å². The van der Waals surface area contributed by atoms with Crippen molar-refractivity contribution in [3.63, 3.8) is 0 Å². The highest BCUT2D eigenvalue weighted by atomic mass is 35.5. The van der Waals surface area contributed by atoms with Crippen molar-refractivity contribution in [1.82, 2.24) is 9.78 Å². The lowest BCUT2D eigenvalue weighted by atomic mass is 10.0. The number of carbonyl (C=O) groups excluding carboxylic acids is 1. The molecule has 0 unspecified atom stereocenters. The van der Waals surface area contributed by atoms with Gasteiger partial charge in [0.1, 0.15) is 13.7 Å². The number of rotatable bonds is 7. The Hall–Kier alpha value is -3.32. The van der Waals surface area contributed by atoms with Crippen LogP contribution in [0.15, 0.2) is 59.8 Å². The largest absolute Gasteiger partial charge is 0.473 e. The van der Waals surface area contributed by atoms with Gasteiger partial charge in [-0.05, 0) is 17.7 Å². The van der Waals surface area contributed by atoms with Crippen LogP contribution in [0.25, 0.3) is 11.3 Å². The first-order valence-electron chi connectivity index (χ1n) is 8.74. The lowest BCUT2D eigenvalue weighted by molar-refractivity contribution is -0.132. The molecule has 0 N–H and O–H groups in total. The van der Waals surface area contributed by atoms with Gasteiger partial charge in [-0.1, -0.05) is 53.2 Å². The summed E-state index contributed by atoms with van der Waals surface area (Å²) >= 11 is 5.95. The van der Waals surface area contributed by atoms with Crippen molar-refractivity contribution in [2.45, 2.75) is 6.61 Å². The number of carbonyl (C=O) groups is 1. The third-order valence-corrected chi connectivity index (χ3v) is 4.44. The van der Waals surface area contributed by atoms with E-state index < -0.39 is 5.97 Å². The Morgan fingerprint density at radius 3 is 2.55 bits per heavy atom. The second-order valence-corrected chi connectivity index (χ2v) is 6.49. The van der Waals surface area contributed by atoms with E-state index in [1.54, 1.807) is 23.9 Å². The molecule has 0 atom stereocenters. The molecular formula is C21H20ClN3O4. The van der Waals surface area contributed by atoms with E-state index >= 15 is 0 Å². The summed E-state index contributed by atoms with van der Waals surface area (Å²) in [6, 6.07) is 16.5. The number of hydrogen-bond donors (Lipinski definition) is 0. The number of benzene rings is 2. The number of nitrogens with zero attached hydrogens (tertiary/aromatic N) is 3. The average molecular weight is 414 g/mol. The van der Waals surface area contributed by atoms with Crippen molar-refractivity contribution in [1.29, 1.82) is 0 Å². The number of aryl methyl sites for hydroxylation is 1. The Kier molecular flexibility index (Phi) is 6.51. The topological polar surface area (TPSA) is 74.9 Å². The minimum Gasteiger partial charge on any atom is -0.473 e. The number of oxime groups is 1. The Bertz CT molecular complexity index is 1030. The van der Waals surface area contributed by atoms with E-state index in [1.807, 2.05) is 42.5 Å². The van der Waals surface area contributed by atoms with Gasteiger partial charge in [0.15, 0.2) is 5.71 Å². The zero-order valence-corrected chi connectivity index (χ0v) is 17.0. The van der Waals surface area contributed by atoms with Crippen LogP contribution in [0.1, 0.15) is 11.1 Å². The Morgan fingerprint density at radius 2 is 1.86 bits per heavy atom. The average Bonchev–Trinajstić information content (AvgIpc) is 3.11. The van der Waals surface area contributed by atoms with E-state index in [0.29, 0.717) is 16.5 Å². The molecule has 3 rings (SSSR count). The second kappa shape index (κ2) is 9.25. The maximum Gasteiger partial charge on any atom is 0.360 e. The maximum absolute atomic E-state index is 12.1. The smallest absolute Gasteiger partial charge is 0.360 e. The predicted octanol–water partition coefficient (Wildman–Crippen LogP) is 3.84. The van der Waals surface area contributed by atoms with E-state index in [2.05, 4.69) is 10.3 Å². The van der Waals surface area contributed by atoms with Crippen LogP contribution in [0.3, 0.4) is 0 Å².